The summed E-state index contributed by atoms with van der Waals surface area (Å²) in [5, 5.41) is 10.6. The van der Waals surface area contributed by atoms with Crippen molar-refractivity contribution in [2.24, 2.45) is 11.8 Å². The second-order valence-corrected chi connectivity index (χ2v) is 31.0. The minimum absolute atomic E-state index is 0.106. The molecule has 3 N–H and O–H groups in total. The molecule has 0 fully saturated rings. The number of phosphoric acid groups is 2. The Labute approximate surface area is 581 Å². The average Bonchev–Trinajstić information content (AvgIpc) is 2.12. The number of ether oxygens (including phenoxy) is 4. The molecule has 3 unspecified atom stereocenters. The predicted octanol–water partition coefficient (Wildman–Crippen LogP) is 22.3. The largest absolute Gasteiger partial charge is 0.472 e. The minimum atomic E-state index is -4.96. The van der Waals surface area contributed by atoms with Crippen LogP contribution in [0.2, 0.25) is 0 Å². The Balaban J connectivity index is 5.22. The number of hydrogen-bond donors (Lipinski definition) is 3. The Bertz CT molecular complexity index is 1840. The normalized spacial score (nSPS) is 14.3. The highest BCUT2D eigenvalue weighted by Gasteiger charge is 2.30. The fourth-order valence-corrected chi connectivity index (χ4v) is 13.2. The maximum atomic E-state index is 13.1. The molecule has 0 spiro atoms. The standard InChI is InChI=1S/C76H148O17P2/c1-7-10-12-14-16-18-19-20-21-22-26-29-35-41-47-53-59-74(79)87-65-72(93-75(80)60-54-48-42-36-30-27-24-23-25-28-34-39-45-51-57-69(6)9-3)67-91-95(84,85)89-63-70(77)62-88-94(82,83)90-66-71(64-86-73(78)58-52-46-40-17-15-13-11-8-2)92-76(81)61-55-49-43-37-32-31-33-38-44-50-56-68(4)5/h68-72,77H,7-67H2,1-6H3,(H,82,83)(H,84,85)/t69?,70-,71+,72+/m0/s1. The molecule has 0 aliphatic heterocycles. The van der Waals surface area contributed by atoms with Gasteiger partial charge in [-0.05, 0) is 37.5 Å². The summed E-state index contributed by atoms with van der Waals surface area (Å²) in [7, 11) is -9.91. The molecular weight excluding hydrogens is 1250 g/mol. The van der Waals surface area contributed by atoms with E-state index in [9.17, 15) is 43.2 Å². The SMILES string of the molecule is CCCCCCCCCCCCCCCCCCC(=O)OC[C@H](COP(=O)(O)OC[C@@H](O)COP(=O)(O)OC[C@@H](COC(=O)CCCCCCCCCC)OC(=O)CCCCCCCCCCCCC(C)C)OC(=O)CCCCCCCCCCCCCCCCC(C)CC. The van der Waals surface area contributed by atoms with Crippen molar-refractivity contribution in [2.45, 2.75) is 413 Å². The second-order valence-electron chi connectivity index (χ2n) is 28.1. The lowest BCUT2D eigenvalue weighted by molar-refractivity contribution is -0.161. The van der Waals surface area contributed by atoms with Gasteiger partial charge in [-0.15, -0.1) is 0 Å². The van der Waals surface area contributed by atoms with Gasteiger partial charge in [0.15, 0.2) is 12.2 Å². The molecule has 0 aromatic heterocycles. The van der Waals surface area contributed by atoms with Gasteiger partial charge >= 0.3 is 39.5 Å². The van der Waals surface area contributed by atoms with Gasteiger partial charge in [-0.25, -0.2) is 9.13 Å². The molecule has 0 saturated heterocycles. The third-order valence-electron chi connectivity index (χ3n) is 18.1. The van der Waals surface area contributed by atoms with Gasteiger partial charge in [0, 0.05) is 25.7 Å². The molecule has 19 heteroatoms. The fraction of sp³-hybridized carbons (Fsp3) is 0.947. The predicted molar refractivity (Wildman–Crippen MR) is 386 cm³/mol. The van der Waals surface area contributed by atoms with Crippen molar-refractivity contribution in [1.82, 2.24) is 0 Å². The Morgan fingerprint density at radius 2 is 0.537 bits per heavy atom. The first-order valence-corrected chi connectivity index (χ1v) is 42.5. The number of carbonyl (C=O) groups is 4. The lowest BCUT2D eigenvalue weighted by atomic mass is 9.99. The van der Waals surface area contributed by atoms with Gasteiger partial charge in [0.05, 0.1) is 26.4 Å². The highest BCUT2D eigenvalue weighted by Crippen LogP contribution is 2.45. The Hall–Kier alpha value is -1.94. The van der Waals surface area contributed by atoms with Gasteiger partial charge in [0.2, 0.25) is 0 Å². The van der Waals surface area contributed by atoms with Crippen LogP contribution < -0.4 is 0 Å². The van der Waals surface area contributed by atoms with Gasteiger partial charge in [-0.2, -0.15) is 0 Å². The monoisotopic (exact) mass is 1400 g/mol. The lowest BCUT2D eigenvalue weighted by Crippen LogP contribution is -2.30. The zero-order valence-corrected chi connectivity index (χ0v) is 63.8. The summed E-state index contributed by atoms with van der Waals surface area (Å²) in [6.45, 7) is 9.62. The van der Waals surface area contributed by atoms with E-state index < -0.39 is 97.5 Å². The number of carbonyl (C=O) groups excluding carboxylic acids is 4. The van der Waals surface area contributed by atoms with Crippen LogP contribution in [0.15, 0.2) is 0 Å². The summed E-state index contributed by atoms with van der Waals surface area (Å²) >= 11 is 0. The topological polar surface area (TPSA) is 237 Å². The van der Waals surface area contributed by atoms with Crippen molar-refractivity contribution in [3.05, 3.63) is 0 Å². The van der Waals surface area contributed by atoms with Crippen molar-refractivity contribution in [1.29, 1.82) is 0 Å². The molecule has 0 radical (unpaired) electrons. The maximum absolute atomic E-state index is 13.1. The molecule has 0 aliphatic rings. The van der Waals surface area contributed by atoms with Crippen molar-refractivity contribution < 1.29 is 80.2 Å². The van der Waals surface area contributed by atoms with Crippen LogP contribution in [0.5, 0.6) is 0 Å². The van der Waals surface area contributed by atoms with E-state index in [0.29, 0.717) is 25.7 Å². The zero-order valence-electron chi connectivity index (χ0n) is 62.0. The van der Waals surface area contributed by atoms with E-state index in [1.54, 1.807) is 0 Å². The third kappa shape index (κ3) is 69.0. The van der Waals surface area contributed by atoms with Crippen LogP contribution in [-0.4, -0.2) is 96.7 Å². The number of phosphoric ester groups is 2. The Kier molecular flexibility index (Phi) is 66.5. The first-order valence-electron chi connectivity index (χ1n) is 39.5. The highest BCUT2D eigenvalue weighted by molar-refractivity contribution is 7.47. The number of rotatable bonds is 75. The summed E-state index contributed by atoms with van der Waals surface area (Å²) in [5.74, 6) is -0.519. The molecule has 564 valence electrons. The van der Waals surface area contributed by atoms with E-state index >= 15 is 0 Å². The van der Waals surface area contributed by atoms with Gasteiger partial charge < -0.3 is 33.8 Å². The van der Waals surface area contributed by atoms with Crippen LogP contribution in [0.3, 0.4) is 0 Å². The summed E-state index contributed by atoms with van der Waals surface area (Å²) < 4.78 is 68.5. The molecule has 17 nitrogen and oxygen atoms in total. The first kappa shape index (κ1) is 93.1. The van der Waals surface area contributed by atoms with Gasteiger partial charge in [-0.1, -0.05) is 343 Å². The van der Waals surface area contributed by atoms with Gasteiger partial charge in [0.1, 0.15) is 19.3 Å². The number of aliphatic hydroxyl groups is 1. The molecule has 6 atom stereocenters. The molecule has 0 aromatic rings. The van der Waals surface area contributed by atoms with Crippen LogP contribution >= 0.6 is 15.6 Å². The second kappa shape index (κ2) is 67.9. The van der Waals surface area contributed by atoms with Crippen LogP contribution in [0, 0.1) is 11.8 Å². The van der Waals surface area contributed by atoms with E-state index in [2.05, 4.69) is 41.5 Å². The van der Waals surface area contributed by atoms with E-state index in [0.717, 1.165) is 108 Å². The molecule has 95 heavy (non-hydrogen) atoms. The summed E-state index contributed by atoms with van der Waals surface area (Å²) in [6.07, 6.45) is 55.4. The quantitative estimate of drug-likeness (QED) is 0.0222. The van der Waals surface area contributed by atoms with Crippen LogP contribution in [0.25, 0.3) is 0 Å². The zero-order chi connectivity index (χ0) is 70.0. The molecule has 0 rings (SSSR count). The van der Waals surface area contributed by atoms with Crippen molar-refractivity contribution >= 4 is 39.5 Å². The minimum Gasteiger partial charge on any atom is -0.462 e. The summed E-state index contributed by atoms with van der Waals surface area (Å²) in [5.41, 5.74) is 0. The molecule has 0 amide bonds. The van der Waals surface area contributed by atoms with Crippen LogP contribution in [0.4, 0.5) is 0 Å². The fourth-order valence-electron chi connectivity index (χ4n) is 11.6. The molecule has 0 saturated carbocycles. The van der Waals surface area contributed by atoms with Crippen molar-refractivity contribution in [3.8, 4) is 0 Å². The number of esters is 4. The molecule has 0 aromatic carbocycles. The molecule has 0 bridgehead atoms. The highest BCUT2D eigenvalue weighted by atomic mass is 31.2. The number of aliphatic hydroxyl groups excluding tert-OH is 1. The van der Waals surface area contributed by atoms with E-state index in [1.807, 2.05) is 0 Å². The maximum Gasteiger partial charge on any atom is 0.472 e. The molecule has 0 heterocycles. The van der Waals surface area contributed by atoms with Crippen LogP contribution in [-0.2, 0) is 65.4 Å². The summed E-state index contributed by atoms with van der Waals surface area (Å²) in [4.78, 5) is 72.7. The van der Waals surface area contributed by atoms with Gasteiger partial charge in [0.25, 0.3) is 0 Å². The smallest absolute Gasteiger partial charge is 0.462 e. The molecular formula is C76H148O17P2. The van der Waals surface area contributed by atoms with Crippen molar-refractivity contribution in [3.63, 3.8) is 0 Å². The number of hydrogen-bond acceptors (Lipinski definition) is 15. The average molecular weight is 1400 g/mol. The Morgan fingerprint density at radius 1 is 0.305 bits per heavy atom. The molecule has 0 aliphatic carbocycles. The van der Waals surface area contributed by atoms with E-state index in [1.165, 1.54) is 205 Å². The third-order valence-corrected chi connectivity index (χ3v) is 20.0. The Morgan fingerprint density at radius 3 is 0.800 bits per heavy atom. The van der Waals surface area contributed by atoms with E-state index in [-0.39, 0.29) is 25.7 Å². The van der Waals surface area contributed by atoms with Gasteiger partial charge in [-0.3, -0.25) is 37.3 Å². The summed E-state index contributed by atoms with van der Waals surface area (Å²) in [6, 6.07) is 0. The van der Waals surface area contributed by atoms with E-state index in [4.69, 9.17) is 37.0 Å². The van der Waals surface area contributed by atoms with Crippen molar-refractivity contribution in [2.75, 3.05) is 39.6 Å². The first-order chi connectivity index (χ1) is 45.9. The number of unbranched alkanes of at least 4 members (excludes halogenated alkanes) is 44. The lowest BCUT2D eigenvalue weighted by Gasteiger charge is -2.21. The van der Waals surface area contributed by atoms with Crippen LogP contribution in [0.1, 0.15) is 395 Å².